The Balaban J connectivity index is 1.66. The third kappa shape index (κ3) is 2.89. The van der Waals surface area contributed by atoms with Crippen LogP contribution in [0.3, 0.4) is 0 Å². The maximum absolute atomic E-state index is 11.8. The van der Waals surface area contributed by atoms with Crippen molar-refractivity contribution in [3.8, 4) is 0 Å². The molecular weight excluding hydrogens is 266 g/mol. The van der Waals surface area contributed by atoms with Crippen LogP contribution in [0.4, 0.5) is 0 Å². The number of hydrogen-bond donors (Lipinski definition) is 1. The van der Waals surface area contributed by atoms with Crippen LogP contribution < -0.4 is 0 Å². The molecule has 0 aliphatic carbocycles. The molecule has 1 amide bonds. The molecule has 108 valence electrons. The van der Waals surface area contributed by atoms with E-state index in [9.17, 15) is 9.59 Å². The zero-order valence-corrected chi connectivity index (χ0v) is 11.7. The lowest BCUT2D eigenvalue weighted by Crippen LogP contribution is -2.28. The van der Waals surface area contributed by atoms with Crippen LogP contribution in [0.2, 0.25) is 0 Å². The summed E-state index contributed by atoms with van der Waals surface area (Å²) in [6.07, 6.45) is 0.885. The number of benzene rings is 2. The standard InChI is InChI=1S/C17H17NO3/c19-16-10-15(17(20)21)11-18(16)8-7-12-5-6-13-3-1-2-4-14(13)9-12/h1-6,9,15H,7-8,10-11H2,(H,20,21). The van der Waals surface area contributed by atoms with Gasteiger partial charge in [0.2, 0.25) is 5.91 Å². The van der Waals surface area contributed by atoms with Gasteiger partial charge in [-0.25, -0.2) is 0 Å². The summed E-state index contributed by atoms with van der Waals surface area (Å²) < 4.78 is 0. The fourth-order valence-electron chi connectivity index (χ4n) is 2.81. The number of carbonyl (C=O) groups excluding carboxylic acids is 1. The Morgan fingerprint density at radius 3 is 2.67 bits per heavy atom. The molecule has 1 saturated heterocycles. The van der Waals surface area contributed by atoms with Crippen LogP contribution in [-0.2, 0) is 16.0 Å². The van der Waals surface area contributed by atoms with Crippen LogP contribution in [0.25, 0.3) is 10.8 Å². The zero-order chi connectivity index (χ0) is 14.8. The highest BCUT2D eigenvalue weighted by atomic mass is 16.4. The van der Waals surface area contributed by atoms with Gasteiger partial charge in [0.1, 0.15) is 0 Å². The number of carbonyl (C=O) groups is 2. The first-order valence-corrected chi connectivity index (χ1v) is 7.12. The van der Waals surface area contributed by atoms with E-state index in [1.54, 1.807) is 4.90 Å². The maximum Gasteiger partial charge on any atom is 0.308 e. The molecule has 1 N–H and O–H groups in total. The van der Waals surface area contributed by atoms with Gasteiger partial charge in [0, 0.05) is 19.5 Å². The van der Waals surface area contributed by atoms with E-state index in [-0.39, 0.29) is 12.3 Å². The largest absolute Gasteiger partial charge is 0.481 e. The zero-order valence-electron chi connectivity index (χ0n) is 11.7. The molecule has 2 aromatic rings. The number of rotatable bonds is 4. The van der Waals surface area contributed by atoms with Gasteiger partial charge in [-0.2, -0.15) is 0 Å². The molecule has 0 saturated carbocycles. The number of hydrogen-bond acceptors (Lipinski definition) is 2. The highest BCUT2D eigenvalue weighted by Crippen LogP contribution is 2.20. The Kier molecular flexibility index (Phi) is 3.60. The van der Waals surface area contributed by atoms with Crippen molar-refractivity contribution in [2.75, 3.05) is 13.1 Å². The van der Waals surface area contributed by atoms with E-state index in [2.05, 4.69) is 30.3 Å². The van der Waals surface area contributed by atoms with Gasteiger partial charge in [0.25, 0.3) is 0 Å². The van der Waals surface area contributed by atoms with Crippen LogP contribution in [0.5, 0.6) is 0 Å². The molecule has 0 radical (unpaired) electrons. The monoisotopic (exact) mass is 283 g/mol. The minimum Gasteiger partial charge on any atom is -0.481 e. The second kappa shape index (κ2) is 5.56. The van der Waals surface area contributed by atoms with E-state index >= 15 is 0 Å². The predicted octanol–water partition coefficient (Wildman–Crippen LogP) is 2.32. The van der Waals surface area contributed by atoms with E-state index in [1.165, 1.54) is 16.3 Å². The van der Waals surface area contributed by atoms with Crippen molar-refractivity contribution < 1.29 is 14.7 Å². The molecule has 1 aliphatic rings. The van der Waals surface area contributed by atoms with Gasteiger partial charge in [-0.1, -0.05) is 42.5 Å². The fourth-order valence-corrected chi connectivity index (χ4v) is 2.81. The van der Waals surface area contributed by atoms with Gasteiger partial charge in [-0.3, -0.25) is 9.59 Å². The fraction of sp³-hybridized carbons (Fsp3) is 0.294. The van der Waals surface area contributed by atoms with Gasteiger partial charge in [0.15, 0.2) is 0 Å². The Morgan fingerprint density at radius 1 is 1.19 bits per heavy atom. The lowest BCUT2D eigenvalue weighted by Gasteiger charge is -2.16. The molecule has 1 fully saturated rings. The molecule has 4 nitrogen and oxygen atoms in total. The summed E-state index contributed by atoms with van der Waals surface area (Å²) in [7, 11) is 0. The molecule has 1 atom stereocenters. The van der Waals surface area contributed by atoms with E-state index in [4.69, 9.17) is 5.11 Å². The van der Waals surface area contributed by atoms with E-state index in [1.807, 2.05) is 12.1 Å². The van der Waals surface area contributed by atoms with Crippen LogP contribution >= 0.6 is 0 Å². The number of amides is 1. The van der Waals surface area contributed by atoms with Crippen LogP contribution in [0.1, 0.15) is 12.0 Å². The van der Waals surface area contributed by atoms with Crippen molar-refractivity contribution in [2.24, 2.45) is 5.92 Å². The average molecular weight is 283 g/mol. The second-order valence-electron chi connectivity index (χ2n) is 5.51. The Bertz CT molecular complexity index is 695. The average Bonchev–Trinajstić information content (AvgIpc) is 2.86. The van der Waals surface area contributed by atoms with Crippen LogP contribution in [-0.4, -0.2) is 35.0 Å². The molecule has 0 spiro atoms. The molecule has 1 heterocycles. The minimum atomic E-state index is -0.878. The minimum absolute atomic E-state index is 0.0526. The predicted molar refractivity (Wildman–Crippen MR) is 80.0 cm³/mol. The van der Waals surface area contributed by atoms with Gasteiger partial charge in [-0.05, 0) is 22.8 Å². The molecular formula is C17H17NO3. The first kappa shape index (κ1) is 13.6. The van der Waals surface area contributed by atoms with Crippen molar-refractivity contribution in [1.82, 2.24) is 4.90 Å². The molecule has 21 heavy (non-hydrogen) atoms. The third-order valence-electron chi connectivity index (χ3n) is 4.05. The number of aliphatic carboxylic acids is 1. The van der Waals surface area contributed by atoms with Crippen molar-refractivity contribution in [3.05, 3.63) is 48.0 Å². The molecule has 1 aliphatic heterocycles. The number of carboxylic acid groups (broad SMARTS) is 1. The second-order valence-corrected chi connectivity index (χ2v) is 5.51. The number of carboxylic acids is 1. The van der Waals surface area contributed by atoms with Crippen LogP contribution in [0.15, 0.2) is 42.5 Å². The van der Waals surface area contributed by atoms with Crippen molar-refractivity contribution in [2.45, 2.75) is 12.8 Å². The summed E-state index contributed by atoms with van der Waals surface area (Å²) in [5.41, 5.74) is 1.17. The lowest BCUT2D eigenvalue weighted by molar-refractivity contribution is -0.141. The van der Waals surface area contributed by atoms with Crippen molar-refractivity contribution in [1.29, 1.82) is 0 Å². The third-order valence-corrected chi connectivity index (χ3v) is 4.05. The molecule has 0 aromatic heterocycles. The molecule has 1 unspecified atom stereocenters. The van der Waals surface area contributed by atoms with E-state index in [0.29, 0.717) is 13.1 Å². The maximum atomic E-state index is 11.8. The highest BCUT2D eigenvalue weighted by Gasteiger charge is 2.33. The molecule has 0 bridgehead atoms. The Hall–Kier alpha value is -2.36. The van der Waals surface area contributed by atoms with Gasteiger partial charge in [-0.15, -0.1) is 0 Å². The first-order chi connectivity index (χ1) is 10.1. The summed E-state index contributed by atoms with van der Waals surface area (Å²) in [4.78, 5) is 24.4. The Morgan fingerprint density at radius 2 is 1.95 bits per heavy atom. The number of likely N-dealkylation sites (tertiary alicyclic amines) is 1. The normalized spacial score (nSPS) is 18.4. The van der Waals surface area contributed by atoms with Crippen molar-refractivity contribution >= 4 is 22.6 Å². The number of nitrogens with zero attached hydrogens (tertiary/aromatic N) is 1. The number of fused-ring (bicyclic) bond motifs is 1. The molecule has 2 aromatic carbocycles. The Labute approximate surface area is 123 Å². The quantitative estimate of drug-likeness (QED) is 0.936. The SMILES string of the molecule is O=C(O)C1CC(=O)N(CCc2ccc3ccccc3c2)C1. The molecule has 4 heteroatoms. The summed E-state index contributed by atoms with van der Waals surface area (Å²) >= 11 is 0. The smallest absolute Gasteiger partial charge is 0.308 e. The molecule has 3 rings (SSSR count). The summed E-state index contributed by atoms with van der Waals surface area (Å²) in [5.74, 6) is -1.48. The lowest BCUT2D eigenvalue weighted by atomic mass is 10.1. The summed E-state index contributed by atoms with van der Waals surface area (Å²) in [6, 6.07) is 14.4. The topological polar surface area (TPSA) is 57.6 Å². The van der Waals surface area contributed by atoms with E-state index < -0.39 is 11.9 Å². The van der Waals surface area contributed by atoms with Gasteiger partial charge < -0.3 is 10.0 Å². The summed E-state index contributed by atoms with van der Waals surface area (Å²) in [6.45, 7) is 0.919. The highest BCUT2D eigenvalue weighted by molar-refractivity contribution is 5.86. The van der Waals surface area contributed by atoms with Gasteiger partial charge >= 0.3 is 5.97 Å². The van der Waals surface area contributed by atoms with Crippen LogP contribution in [0, 0.1) is 5.92 Å². The first-order valence-electron chi connectivity index (χ1n) is 7.12. The summed E-state index contributed by atoms with van der Waals surface area (Å²) in [5, 5.41) is 11.4. The van der Waals surface area contributed by atoms with Crippen molar-refractivity contribution in [3.63, 3.8) is 0 Å². The van der Waals surface area contributed by atoms with Gasteiger partial charge in [0.05, 0.1) is 5.92 Å². The van der Waals surface area contributed by atoms with E-state index in [0.717, 1.165) is 6.42 Å².